The van der Waals surface area contributed by atoms with Crippen LogP contribution in [0, 0.1) is 12.3 Å². The topological polar surface area (TPSA) is 76.2 Å². The highest BCUT2D eigenvalue weighted by Crippen LogP contribution is 2.27. The summed E-state index contributed by atoms with van der Waals surface area (Å²) < 4.78 is 1.87. The number of hydrogen-bond donors (Lipinski definition) is 2. The Hall–Kier alpha value is -0.820. The van der Waals surface area contributed by atoms with Crippen LogP contribution in [-0.2, 0) is 10.3 Å². The maximum Gasteiger partial charge on any atom is 0.239 e. The maximum absolute atomic E-state index is 12.4. The van der Waals surface area contributed by atoms with Gasteiger partial charge in [0.05, 0.1) is 17.8 Å². The molecule has 2 heterocycles. The van der Waals surface area contributed by atoms with Gasteiger partial charge in [-0.25, -0.2) is 4.68 Å². The molecule has 1 aliphatic heterocycles. The van der Waals surface area contributed by atoms with E-state index >= 15 is 0 Å². The summed E-state index contributed by atoms with van der Waals surface area (Å²) >= 11 is 0. The smallest absolute Gasteiger partial charge is 0.239 e. The standard InChI is InChI=1S/C17H31N5O.2ClH/c1-12-9-14(22(20-12)16(2,3)4)19-15(23)10-21-8-7-13(18)17(5,6)11-21;;/h9,13H,7-8,10-11,18H2,1-6H3,(H,19,23);2*1H. The lowest BCUT2D eigenvalue weighted by molar-refractivity contribution is -0.118. The average Bonchev–Trinajstić information content (AvgIpc) is 2.74. The molecule has 3 N–H and O–H groups in total. The molecule has 0 radical (unpaired) electrons. The average molecular weight is 394 g/mol. The van der Waals surface area contributed by atoms with Crippen LogP contribution in [0.1, 0.15) is 46.7 Å². The SMILES string of the molecule is Cc1cc(NC(=O)CN2CCC(N)C(C)(C)C2)n(C(C)(C)C)n1.Cl.Cl. The minimum Gasteiger partial charge on any atom is -0.327 e. The molecule has 1 amide bonds. The molecule has 1 fully saturated rings. The first kappa shape index (κ1) is 24.2. The zero-order chi connectivity index (χ0) is 17.4. The Labute approximate surface area is 163 Å². The minimum atomic E-state index is -0.170. The second-order valence-electron chi connectivity index (χ2n) is 8.40. The number of likely N-dealkylation sites (tertiary alicyclic amines) is 1. The predicted molar refractivity (Wildman–Crippen MR) is 108 cm³/mol. The molecule has 1 aromatic rings. The molecule has 1 atom stereocenters. The Morgan fingerprint density at radius 3 is 2.52 bits per heavy atom. The van der Waals surface area contributed by atoms with E-state index in [2.05, 4.69) is 49.9 Å². The Bertz CT molecular complexity index is 580. The number of halogens is 2. The number of hydrogen-bond acceptors (Lipinski definition) is 4. The van der Waals surface area contributed by atoms with E-state index in [0.29, 0.717) is 6.54 Å². The highest BCUT2D eigenvalue weighted by molar-refractivity contribution is 5.91. The van der Waals surface area contributed by atoms with Crippen molar-refractivity contribution in [3.8, 4) is 0 Å². The number of rotatable bonds is 3. The molecular weight excluding hydrogens is 361 g/mol. The fourth-order valence-corrected chi connectivity index (χ4v) is 3.11. The zero-order valence-corrected chi connectivity index (χ0v) is 17.8. The highest BCUT2D eigenvalue weighted by Gasteiger charge is 2.34. The molecule has 8 heteroatoms. The van der Waals surface area contributed by atoms with Gasteiger partial charge in [-0.1, -0.05) is 13.8 Å². The quantitative estimate of drug-likeness (QED) is 0.827. The van der Waals surface area contributed by atoms with Crippen LogP contribution in [0.5, 0.6) is 0 Å². The van der Waals surface area contributed by atoms with Gasteiger partial charge in [-0.15, -0.1) is 24.8 Å². The van der Waals surface area contributed by atoms with E-state index in [-0.39, 0.29) is 47.7 Å². The van der Waals surface area contributed by atoms with Crippen molar-refractivity contribution >= 4 is 36.5 Å². The number of nitrogens with one attached hydrogen (secondary N) is 1. The Morgan fingerprint density at radius 1 is 1.40 bits per heavy atom. The van der Waals surface area contributed by atoms with Gasteiger partial charge in [-0.3, -0.25) is 9.69 Å². The number of carbonyl (C=O) groups is 1. The monoisotopic (exact) mass is 393 g/mol. The van der Waals surface area contributed by atoms with E-state index in [1.807, 2.05) is 17.7 Å². The third kappa shape index (κ3) is 6.13. The molecule has 146 valence electrons. The highest BCUT2D eigenvalue weighted by atomic mass is 35.5. The summed E-state index contributed by atoms with van der Waals surface area (Å²) in [6.07, 6.45) is 0.930. The van der Waals surface area contributed by atoms with Crippen molar-refractivity contribution in [2.24, 2.45) is 11.1 Å². The summed E-state index contributed by atoms with van der Waals surface area (Å²) in [7, 11) is 0. The lowest BCUT2D eigenvalue weighted by Crippen LogP contribution is -2.53. The Balaban J connectivity index is 0.00000288. The van der Waals surface area contributed by atoms with Crippen molar-refractivity contribution in [1.82, 2.24) is 14.7 Å². The normalized spacial score (nSPS) is 20.4. The first-order chi connectivity index (χ1) is 10.5. The second kappa shape index (κ2) is 8.71. The summed E-state index contributed by atoms with van der Waals surface area (Å²) in [6, 6.07) is 2.12. The number of nitrogens with two attached hydrogens (primary N) is 1. The molecule has 0 bridgehead atoms. The number of amides is 1. The molecule has 1 unspecified atom stereocenters. The predicted octanol–water partition coefficient (Wildman–Crippen LogP) is 2.79. The van der Waals surface area contributed by atoms with Gasteiger partial charge in [-0.2, -0.15) is 5.10 Å². The lowest BCUT2D eigenvalue weighted by atomic mass is 9.80. The van der Waals surface area contributed by atoms with E-state index in [0.717, 1.165) is 31.0 Å². The molecule has 1 aromatic heterocycles. The van der Waals surface area contributed by atoms with E-state index in [1.54, 1.807) is 0 Å². The summed E-state index contributed by atoms with van der Waals surface area (Å²) in [4.78, 5) is 14.6. The number of aryl methyl sites for hydroxylation is 1. The van der Waals surface area contributed by atoms with Gasteiger partial charge in [-0.05, 0) is 39.5 Å². The number of anilines is 1. The Morgan fingerprint density at radius 2 is 2.00 bits per heavy atom. The number of aromatic nitrogens is 2. The molecule has 0 aliphatic carbocycles. The molecule has 25 heavy (non-hydrogen) atoms. The number of carbonyl (C=O) groups excluding carboxylic acids is 1. The van der Waals surface area contributed by atoms with Crippen LogP contribution in [0.4, 0.5) is 5.82 Å². The number of piperidine rings is 1. The van der Waals surface area contributed by atoms with Crippen LogP contribution in [0.2, 0.25) is 0 Å². The van der Waals surface area contributed by atoms with E-state index in [9.17, 15) is 4.79 Å². The molecule has 0 aromatic carbocycles. The van der Waals surface area contributed by atoms with Crippen LogP contribution in [-0.4, -0.2) is 46.3 Å². The maximum atomic E-state index is 12.4. The first-order valence-electron chi connectivity index (χ1n) is 8.34. The van der Waals surface area contributed by atoms with Crippen LogP contribution >= 0.6 is 24.8 Å². The van der Waals surface area contributed by atoms with E-state index in [4.69, 9.17) is 5.73 Å². The van der Waals surface area contributed by atoms with Gasteiger partial charge in [0.2, 0.25) is 5.91 Å². The molecule has 2 rings (SSSR count). The number of nitrogens with zero attached hydrogens (tertiary/aromatic N) is 3. The van der Waals surface area contributed by atoms with Gasteiger partial charge in [0.1, 0.15) is 5.82 Å². The fourth-order valence-electron chi connectivity index (χ4n) is 3.11. The van der Waals surface area contributed by atoms with Gasteiger partial charge in [0.15, 0.2) is 0 Å². The van der Waals surface area contributed by atoms with Crippen LogP contribution in [0.15, 0.2) is 6.07 Å². The largest absolute Gasteiger partial charge is 0.327 e. The van der Waals surface area contributed by atoms with Gasteiger partial charge in [0, 0.05) is 25.2 Å². The first-order valence-corrected chi connectivity index (χ1v) is 8.34. The van der Waals surface area contributed by atoms with Crippen molar-refractivity contribution in [3.05, 3.63) is 11.8 Å². The van der Waals surface area contributed by atoms with Crippen molar-refractivity contribution < 1.29 is 4.79 Å². The second-order valence-corrected chi connectivity index (χ2v) is 8.40. The molecule has 1 saturated heterocycles. The summed E-state index contributed by atoms with van der Waals surface area (Å²) in [6.45, 7) is 14.6. The van der Waals surface area contributed by atoms with E-state index < -0.39 is 0 Å². The summed E-state index contributed by atoms with van der Waals surface area (Å²) in [5.74, 6) is 0.759. The van der Waals surface area contributed by atoms with Gasteiger partial charge < -0.3 is 11.1 Å². The van der Waals surface area contributed by atoms with Crippen LogP contribution in [0.3, 0.4) is 0 Å². The fraction of sp³-hybridized carbons (Fsp3) is 0.765. The van der Waals surface area contributed by atoms with Crippen molar-refractivity contribution in [2.45, 2.75) is 59.5 Å². The zero-order valence-electron chi connectivity index (χ0n) is 16.1. The van der Waals surface area contributed by atoms with E-state index in [1.165, 1.54) is 0 Å². The Kier molecular flexibility index (Phi) is 8.43. The van der Waals surface area contributed by atoms with Gasteiger partial charge in [0.25, 0.3) is 0 Å². The molecule has 1 aliphatic rings. The van der Waals surface area contributed by atoms with Crippen LogP contribution < -0.4 is 11.1 Å². The third-order valence-corrected chi connectivity index (χ3v) is 4.49. The molecule has 6 nitrogen and oxygen atoms in total. The molecule has 0 saturated carbocycles. The summed E-state index contributed by atoms with van der Waals surface area (Å²) in [5.41, 5.74) is 6.94. The van der Waals surface area contributed by atoms with Crippen molar-refractivity contribution in [3.63, 3.8) is 0 Å². The van der Waals surface area contributed by atoms with Crippen LogP contribution in [0.25, 0.3) is 0 Å². The lowest BCUT2D eigenvalue weighted by Gasteiger charge is -2.42. The van der Waals surface area contributed by atoms with Crippen molar-refractivity contribution in [1.29, 1.82) is 0 Å². The third-order valence-electron chi connectivity index (χ3n) is 4.49. The van der Waals surface area contributed by atoms with Gasteiger partial charge >= 0.3 is 0 Å². The summed E-state index contributed by atoms with van der Waals surface area (Å²) in [5, 5.41) is 7.50. The minimum absolute atomic E-state index is 0. The molecule has 0 spiro atoms. The van der Waals surface area contributed by atoms with Crippen molar-refractivity contribution in [2.75, 3.05) is 25.0 Å². The molecular formula is C17H33Cl2N5O.